The van der Waals surface area contributed by atoms with Gasteiger partial charge < -0.3 is 15.7 Å². The van der Waals surface area contributed by atoms with Gasteiger partial charge in [-0.2, -0.15) is 0 Å². The van der Waals surface area contributed by atoms with E-state index in [1.54, 1.807) is 18.2 Å². The number of nitrogens with zero attached hydrogens (tertiary/aromatic N) is 2. The van der Waals surface area contributed by atoms with Crippen molar-refractivity contribution in [2.75, 3.05) is 0 Å². The number of aromatic nitrogens is 1. The molecule has 3 N–H and O–H groups in total. The molecule has 0 unspecified atom stereocenters. The summed E-state index contributed by atoms with van der Waals surface area (Å²) < 4.78 is 6.55. The van der Waals surface area contributed by atoms with Gasteiger partial charge in [-0.1, -0.05) is 39.3 Å². The van der Waals surface area contributed by atoms with E-state index in [4.69, 9.17) is 15.7 Å². The molecule has 0 fully saturated rings. The van der Waals surface area contributed by atoms with Crippen molar-refractivity contribution in [3.63, 3.8) is 0 Å². The molecule has 2 aromatic rings. The Balaban J connectivity index is 2.08. The highest BCUT2D eigenvalue weighted by atomic mass is 79.9. The van der Waals surface area contributed by atoms with Gasteiger partial charge in [-0.05, 0) is 23.8 Å². The molecule has 1 aromatic heterocycles. The van der Waals surface area contributed by atoms with Crippen LogP contribution in [-0.2, 0) is 6.61 Å². The number of pyridine rings is 1. The van der Waals surface area contributed by atoms with E-state index in [0.29, 0.717) is 18.2 Å². The van der Waals surface area contributed by atoms with Gasteiger partial charge in [0.05, 0.1) is 0 Å². The third-order valence-corrected chi connectivity index (χ3v) is 2.86. The van der Waals surface area contributed by atoms with Crippen molar-refractivity contribution in [1.82, 2.24) is 4.98 Å². The molecule has 98 valence electrons. The molecule has 0 radical (unpaired) electrons. The second kappa shape index (κ2) is 6.19. The van der Waals surface area contributed by atoms with Crippen LogP contribution in [0, 0.1) is 0 Å². The molecule has 0 saturated carbocycles. The van der Waals surface area contributed by atoms with Gasteiger partial charge in [-0.3, -0.25) is 0 Å². The molecule has 0 saturated heterocycles. The molecule has 0 spiro atoms. The van der Waals surface area contributed by atoms with Crippen LogP contribution in [0.4, 0.5) is 0 Å². The Kier molecular flexibility index (Phi) is 4.35. The lowest BCUT2D eigenvalue weighted by Crippen LogP contribution is -2.15. The molecule has 0 bridgehead atoms. The van der Waals surface area contributed by atoms with Crippen LogP contribution in [0.1, 0.15) is 11.3 Å². The van der Waals surface area contributed by atoms with Crippen molar-refractivity contribution in [2.45, 2.75) is 6.61 Å². The summed E-state index contributed by atoms with van der Waals surface area (Å²) >= 11 is 3.40. The molecular formula is C13H12BrN3O2. The lowest BCUT2D eigenvalue weighted by molar-refractivity contribution is 0.293. The lowest BCUT2D eigenvalue weighted by Gasteiger charge is -2.07. The summed E-state index contributed by atoms with van der Waals surface area (Å²) in [5, 5.41) is 11.5. The molecular weight excluding hydrogens is 310 g/mol. The van der Waals surface area contributed by atoms with Crippen LogP contribution in [0.2, 0.25) is 0 Å². The standard InChI is InChI=1S/C13H12BrN3O2/c14-10-4-1-3-9(7-10)8-19-12-6-2-5-11(16-12)13(15)17-18/h1-7,18H,8H2,(H2,15,17). The monoisotopic (exact) mass is 321 g/mol. The summed E-state index contributed by atoms with van der Waals surface area (Å²) in [4.78, 5) is 4.13. The topological polar surface area (TPSA) is 80.7 Å². The Hall–Kier alpha value is -2.08. The number of halogens is 1. The van der Waals surface area contributed by atoms with Gasteiger partial charge in [0.25, 0.3) is 0 Å². The first-order valence-electron chi connectivity index (χ1n) is 5.51. The van der Waals surface area contributed by atoms with E-state index in [2.05, 4.69) is 26.1 Å². The minimum absolute atomic E-state index is 0.0482. The first-order valence-corrected chi connectivity index (χ1v) is 6.30. The predicted molar refractivity (Wildman–Crippen MR) is 75.2 cm³/mol. The Morgan fingerprint density at radius 2 is 2.11 bits per heavy atom. The van der Waals surface area contributed by atoms with Gasteiger partial charge in [-0.25, -0.2) is 4.98 Å². The molecule has 0 amide bonds. The van der Waals surface area contributed by atoms with E-state index in [-0.39, 0.29) is 5.84 Å². The van der Waals surface area contributed by atoms with Crippen molar-refractivity contribution >= 4 is 21.8 Å². The number of nitrogens with two attached hydrogens (primary N) is 1. The molecule has 0 aliphatic heterocycles. The van der Waals surface area contributed by atoms with Gasteiger partial charge in [0.2, 0.25) is 5.88 Å². The number of ether oxygens (including phenoxy) is 1. The van der Waals surface area contributed by atoms with E-state index in [9.17, 15) is 0 Å². The van der Waals surface area contributed by atoms with Gasteiger partial charge in [0.15, 0.2) is 5.84 Å². The summed E-state index contributed by atoms with van der Waals surface area (Å²) in [5.41, 5.74) is 6.85. The highest BCUT2D eigenvalue weighted by Crippen LogP contribution is 2.14. The van der Waals surface area contributed by atoms with Crippen LogP contribution in [0.25, 0.3) is 0 Å². The molecule has 1 heterocycles. The summed E-state index contributed by atoms with van der Waals surface area (Å²) in [5.74, 6) is 0.372. The number of oxime groups is 1. The van der Waals surface area contributed by atoms with Crippen LogP contribution in [0.15, 0.2) is 52.1 Å². The SMILES string of the molecule is N/C(=N/O)c1cccc(OCc2cccc(Br)c2)n1. The predicted octanol–water partition coefficient (Wildman–Crippen LogP) is 2.52. The summed E-state index contributed by atoms with van der Waals surface area (Å²) in [6.07, 6.45) is 0. The minimum atomic E-state index is -0.0482. The van der Waals surface area contributed by atoms with Gasteiger partial charge in [0, 0.05) is 10.5 Å². The Bertz CT molecular complexity index is 602. The van der Waals surface area contributed by atoms with Crippen molar-refractivity contribution in [2.24, 2.45) is 10.9 Å². The molecule has 0 atom stereocenters. The van der Waals surface area contributed by atoms with Crippen molar-refractivity contribution < 1.29 is 9.94 Å². The van der Waals surface area contributed by atoms with E-state index < -0.39 is 0 Å². The maximum Gasteiger partial charge on any atom is 0.214 e. The fourth-order valence-corrected chi connectivity index (χ4v) is 1.92. The van der Waals surface area contributed by atoms with E-state index >= 15 is 0 Å². The number of hydrogen-bond donors (Lipinski definition) is 2. The Morgan fingerprint density at radius 1 is 1.32 bits per heavy atom. The smallest absolute Gasteiger partial charge is 0.214 e. The number of rotatable bonds is 4. The molecule has 5 nitrogen and oxygen atoms in total. The summed E-state index contributed by atoms with van der Waals surface area (Å²) in [6.45, 7) is 0.395. The van der Waals surface area contributed by atoms with Gasteiger partial charge in [0.1, 0.15) is 12.3 Å². The molecule has 1 aromatic carbocycles. The lowest BCUT2D eigenvalue weighted by atomic mass is 10.2. The first-order chi connectivity index (χ1) is 9.19. The van der Waals surface area contributed by atoms with E-state index in [1.807, 2.05) is 24.3 Å². The Labute approximate surface area is 118 Å². The average Bonchev–Trinajstić information content (AvgIpc) is 2.45. The minimum Gasteiger partial charge on any atom is -0.473 e. The normalized spacial score (nSPS) is 11.3. The second-order valence-corrected chi connectivity index (χ2v) is 4.68. The van der Waals surface area contributed by atoms with Crippen LogP contribution in [0.5, 0.6) is 5.88 Å². The fraction of sp³-hybridized carbons (Fsp3) is 0.0769. The van der Waals surface area contributed by atoms with Crippen LogP contribution in [0.3, 0.4) is 0 Å². The molecule has 2 rings (SSSR count). The van der Waals surface area contributed by atoms with Crippen LogP contribution < -0.4 is 10.5 Å². The zero-order chi connectivity index (χ0) is 13.7. The Morgan fingerprint density at radius 3 is 2.84 bits per heavy atom. The van der Waals surface area contributed by atoms with E-state index in [0.717, 1.165) is 10.0 Å². The van der Waals surface area contributed by atoms with E-state index in [1.165, 1.54) is 0 Å². The number of amidine groups is 1. The zero-order valence-electron chi connectivity index (χ0n) is 9.95. The number of hydrogen-bond acceptors (Lipinski definition) is 4. The quantitative estimate of drug-likeness (QED) is 0.392. The maximum atomic E-state index is 8.59. The van der Waals surface area contributed by atoms with Crippen LogP contribution in [-0.4, -0.2) is 16.0 Å². The third kappa shape index (κ3) is 3.69. The average molecular weight is 322 g/mol. The fourth-order valence-electron chi connectivity index (χ4n) is 1.47. The molecule has 0 aliphatic rings. The molecule has 0 aliphatic carbocycles. The second-order valence-electron chi connectivity index (χ2n) is 3.76. The third-order valence-electron chi connectivity index (χ3n) is 2.37. The molecule has 19 heavy (non-hydrogen) atoms. The summed E-state index contributed by atoms with van der Waals surface area (Å²) in [7, 11) is 0. The highest BCUT2D eigenvalue weighted by Gasteiger charge is 2.03. The van der Waals surface area contributed by atoms with Crippen molar-refractivity contribution in [3.05, 3.63) is 58.2 Å². The van der Waals surface area contributed by atoms with Crippen LogP contribution >= 0.6 is 15.9 Å². The van der Waals surface area contributed by atoms with Gasteiger partial charge >= 0.3 is 0 Å². The highest BCUT2D eigenvalue weighted by molar-refractivity contribution is 9.10. The summed E-state index contributed by atoms with van der Waals surface area (Å²) in [6, 6.07) is 12.9. The van der Waals surface area contributed by atoms with Gasteiger partial charge in [-0.15, -0.1) is 0 Å². The molecule has 6 heteroatoms. The largest absolute Gasteiger partial charge is 0.473 e. The van der Waals surface area contributed by atoms with Crippen molar-refractivity contribution in [1.29, 1.82) is 0 Å². The van der Waals surface area contributed by atoms with Crippen molar-refractivity contribution in [3.8, 4) is 5.88 Å². The first kappa shape index (κ1) is 13.4. The zero-order valence-corrected chi connectivity index (χ0v) is 11.5. The maximum absolute atomic E-state index is 8.59. The number of benzene rings is 1.